The van der Waals surface area contributed by atoms with E-state index in [0.29, 0.717) is 12.1 Å². The summed E-state index contributed by atoms with van der Waals surface area (Å²) < 4.78 is 0. The number of nitrogens with zero attached hydrogens (tertiary/aromatic N) is 4. The maximum absolute atomic E-state index is 12.2. The fourth-order valence-electron chi connectivity index (χ4n) is 4.45. The highest BCUT2D eigenvalue weighted by Crippen LogP contribution is 2.26. The number of anilines is 2. The molecular weight excluding hydrogens is 406 g/mol. The first-order valence-corrected chi connectivity index (χ1v) is 10.8. The fourth-order valence-corrected chi connectivity index (χ4v) is 4.45. The highest BCUT2D eigenvalue weighted by atomic mass is 16.1. The summed E-state index contributed by atoms with van der Waals surface area (Å²) in [4.78, 5) is 39.9. The van der Waals surface area contributed by atoms with Gasteiger partial charge in [-0.1, -0.05) is 6.92 Å². The van der Waals surface area contributed by atoms with Gasteiger partial charge in [0.05, 0.1) is 28.6 Å². The van der Waals surface area contributed by atoms with Crippen molar-refractivity contribution in [3.8, 4) is 0 Å². The molecule has 0 spiro atoms. The highest BCUT2D eigenvalue weighted by molar-refractivity contribution is 5.96. The number of carbonyl (C=O) groups excluding carboxylic acids is 1. The van der Waals surface area contributed by atoms with Crippen LogP contribution in [-0.4, -0.2) is 50.9 Å². The standard InChI is InChI=1S/C23H29N7O2/c1-4-16-6-19-20(28-23(16)32)5-15(8-26-19)12-30-13(2)10-29(11-14(30)3)17-7-18(24)21(22(25)31)27-9-17/h5-9,13-14H,4,10-12,24H2,1-3H3,(H2,25,31)(H,28,32)/t13-,14-/m1/s1. The first kappa shape index (κ1) is 21.8. The Morgan fingerprint density at radius 3 is 2.50 bits per heavy atom. The van der Waals surface area contributed by atoms with Gasteiger partial charge in [0, 0.05) is 43.5 Å². The number of pyridine rings is 3. The number of rotatable bonds is 5. The number of fused-ring (bicyclic) bond motifs is 1. The minimum absolute atomic E-state index is 0.0514. The lowest BCUT2D eigenvalue weighted by Crippen LogP contribution is -2.56. The molecule has 0 radical (unpaired) electrons. The van der Waals surface area contributed by atoms with E-state index in [1.807, 2.05) is 25.3 Å². The summed E-state index contributed by atoms with van der Waals surface area (Å²) in [5, 5.41) is 0. The van der Waals surface area contributed by atoms with Crippen molar-refractivity contribution in [3.63, 3.8) is 0 Å². The largest absolute Gasteiger partial charge is 0.397 e. The van der Waals surface area contributed by atoms with Crippen molar-refractivity contribution in [1.82, 2.24) is 19.9 Å². The molecule has 1 aliphatic rings. The molecule has 0 saturated carbocycles. The van der Waals surface area contributed by atoms with E-state index in [1.165, 1.54) is 0 Å². The first-order chi connectivity index (χ1) is 15.3. The fraction of sp³-hybridized carbons (Fsp3) is 0.391. The Morgan fingerprint density at radius 2 is 1.88 bits per heavy atom. The van der Waals surface area contributed by atoms with E-state index in [0.717, 1.165) is 47.5 Å². The van der Waals surface area contributed by atoms with Crippen molar-refractivity contribution < 1.29 is 4.79 Å². The van der Waals surface area contributed by atoms with Crippen LogP contribution in [0.25, 0.3) is 11.0 Å². The predicted molar refractivity (Wildman–Crippen MR) is 126 cm³/mol. The van der Waals surface area contributed by atoms with Crippen LogP contribution in [0.1, 0.15) is 42.4 Å². The number of aryl methyl sites for hydroxylation is 1. The van der Waals surface area contributed by atoms with Crippen LogP contribution in [0.15, 0.2) is 35.4 Å². The number of H-pyrrole nitrogens is 1. The summed E-state index contributed by atoms with van der Waals surface area (Å²) in [6, 6.07) is 6.16. The third-order valence-electron chi connectivity index (χ3n) is 6.17. The Bertz CT molecular complexity index is 1210. The lowest BCUT2D eigenvalue weighted by atomic mass is 10.1. The molecule has 2 atom stereocenters. The molecule has 4 rings (SSSR count). The second-order valence-corrected chi connectivity index (χ2v) is 8.52. The van der Waals surface area contributed by atoms with Crippen LogP contribution >= 0.6 is 0 Å². The van der Waals surface area contributed by atoms with E-state index in [2.05, 4.69) is 38.6 Å². The van der Waals surface area contributed by atoms with Crippen LogP contribution < -0.4 is 21.9 Å². The van der Waals surface area contributed by atoms with Gasteiger partial charge in [-0.25, -0.2) is 4.98 Å². The van der Waals surface area contributed by atoms with Gasteiger partial charge < -0.3 is 21.4 Å². The Kier molecular flexibility index (Phi) is 5.84. The molecule has 4 heterocycles. The van der Waals surface area contributed by atoms with Gasteiger partial charge in [0.2, 0.25) is 0 Å². The average molecular weight is 436 g/mol. The zero-order valence-electron chi connectivity index (χ0n) is 18.6. The van der Waals surface area contributed by atoms with E-state index in [9.17, 15) is 9.59 Å². The second kappa shape index (κ2) is 8.58. The van der Waals surface area contributed by atoms with E-state index in [-0.39, 0.29) is 23.3 Å². The third kappa shape index (κ3) is 4.16. The first-order valence-electron chi connectivity index (χ1n) is 10.8. The van der Waals surface area contributed by atoms with Crippen molar-refractivity contribution in [2.24, 2.45) is 5.73 Å². The summed E-state index contributed by atoms with van der Waals surface area (Å²) in [7, 11) is 0. The second-order valence-electron chi connectivity index (χ2n) is 8.52. The molecular formula is C23H29N7O2. The summed E-state index contributed by atoms with van der Waals surface area (Å²) in [6.45, 7) is 8.64. The van der Waals surface area contributed by atoms with Crippen molar-refractivity contribution in [2.75, 3.05) is 23.7 Å². The topological polar surface area (TPSA) is 134 Å². The quantitative estimate of drug-likeness (QED) is 0.555. The van der Waals surface area contributed by atoms with Crippen LogP contribution in [0.3, 0.4) is 0 Å². The zero-order chi connectivity index (χ0) is 23.0. The molecule has 3 aromatic rings. The molecule has 1 fully saturated rings. The van der Waals surface area contributed by atoms with Gasteiger partial charge in [-0.2, -0.15) is 0 Å². The number of carbonyl (C=O) groups is 1. The number of aromatic amines is 1. The maximum atomic E-state index is 12.2. The minimum atomic E-state index is -0.628. The number of piperazine rings is 1. The molecule has 32 heavy (non-hydrogen) atoms. The van der Waals surface area contributed by atoms with E-state index in [1.54, 1.807) is 12.3 Å². The Labute approximate surface area is 186 Å². The summed E-state index contributed by atoms with van der Waals surface area (Å²) >= 11 is 0. The summed E-state index contributed by atoms with van der Waals surface area (Å²) in [6.07, 6.45) is 4.22. The summed E-state index contributed by atoms with van der Waals surface area (Å²) in [5.74, 6) is -0.628. The van der Waals surface area contributed by atoms with Gasteiger partial charge >= 0.3 is 0 Å². The van der Waals surface area contributed by atoms with Gasteiger partial charge in [0.1, 0.15) is 0 Å². The van der Waals surface area contributed by atoms with Crippen LogP contribution in [0.5, 0.6) is 0 Å². The van der Waals surface area contributed by atoms with Crippen molar-refractivity contribution in [2.45, 2.75) is 45.8 Å². The molecule has 1 saturated heterocycles. The van der Waals surface area contributed by atoms with E-state index in [4.69, 9.17) is 11.5 Å². The van der Waals surface area contributed by atoms with Gasteiger partial charge in [0.25, 0.3) is 11.5 Å². The molecule has 168 valence electrons. The van der Waals surface area contributed by atoms with E-state index < -0.39 is 5.91 Å². The molecule has 9 heteroatoms. The lowest BCUT2D eigenvalue weighted by molar-refractivity contribution is 0.0996. The summed E-state index contributed by atoms with van der Waals surface area (Å²) in [5.41, 5.74) is 15.9. The number of amides is 1. The Balaban J connectivity index is 1.51. The number of aromatic nitrogens is 3. The number of hydrogen-bond acceptors (Lipinski definition) is 7. The lowest BCUT2D eigenvalue weighted by Gasteiger charge is -2.45. The van der Waals surface area contributed by atoms with Crippen LogP contribution in [-0.2, 0) is 13.0 Å². The zero-order valence-corrected chi connectivity index (χ0v) is 18.6. The Hall–Kier alpha value is -3.46. The monoisotopic (exact) mass is 435 g/mol. The van der Waals surface area contributed by atoms with Crippen molar-refractivity contribution in [3.05, 3.63) is 57.8 Å². The number of hydrogen-bond donors (Lipinski definition) is 3. The molecule has 9 nitrogen and oxygen atoms in total. The molecule has 5 N–H and O–H groups in total. The molecule has 1 aliphatic heterocycles. The molecule has 0 aliphatic carbocycles. The van der Waals surface area contributed by atoms with E-state index >= 15 is 0 Å². The highest BCUT2D eigenvalue weighted by Gasteiger charge is 2.30. The molecule has 1 amide bonds. The third-order valence-corrected chi connectivity index (χ3v) is 6.17. The van der Waals surface area contributed by atoms with Crippen LogP contribution in [0, 0.1) is 0 Å². The smallest absolute Gasteiger partial charge is 0.269 e. The van der Waals surface area contributed by atoms with Crippen molar-refractivity contribution >= 4 is 28.3 Å². The molecule has 3 aromatic heterocycles. The molecule has 0 bridgehead atoms. The van der Waals surface area contributed by atoms with Crippen molar-refractivity contribution in [1.29, 1.82) is 0 Å². The average Bonchev–Trinajstić information content (AvgIpc) is 2.75. The number of nitrogen functional groups attached to an aromatic ring is 1. The predicted octanol–water partition coefficient (Wildman–Crippen LogP) is 1.66. The van der Waals surface area contributed by atoms with Gasteiger partial charge in [-0.3, -0.25) is 19.5 Å². The van der Waals surface area contributed by atoms with Gasteiger partial charge in [-0.05, 0) is 44.0 Å². The maximum Gasteiger partial charge on any atom is 0.269 e. The number of primary amides is 1. The normalized spacial score (nSPS) is 19.4. The molecule has 0 aromatic carbocycles. The number of nitrogens with two attached hydrogens (primary N) is 2. The number of nitrogens with one attached hydrogen (secondary N) is 1. The molecule has 0 unspecified atom stereocenters. The Morgan fingerprint density at radius 1 is 1.16 bits per heavy atom. The minimum Gasteiger partial charge on any atom is -0.397 e. The van der Waals surface area contributed by atoms with Gasteiger partial charge in [0.15, 0.2) is 5.69 Å². The van der Waals surface area contributed by atoms with Gasteiger partial charge in [-0.15, -0.1) is 0 Å². The van der Waals surface area contributed by atoms with Crippen LogP contribution in [0.2, 0.25) is 0 Å². The SMILES string of the molecule is CCc1cc2ncc(CN3[C@H](C)CN(c4cnc(C(N)=O)c(N)c4)C[C@H]3C)cc2[nH]c1=O. The van der Waals surface area contributed by atoms with Crippen LogP contribution in [0.4, 0.5) is 11.4 Å².